The first-order valence-corrected chi connectivity index (χ1v) is 9.05. The number of benzene rings is 3. The Morgan fingerprint density at radius 2 is 1.57 bits per heavy atom. The molecule has 0 spiro atoms. The van der Waals surface area contributed by atoms with E-state index in [-0.39, 0.29) is 11.8 Å². The lowest BCUT2D eigenvalue weighted by Gasteiger charge is -2.12. The second-order valence-corrected chi connectivity index (χ2v) is 6.50. The van der Waals surface area contributed by atoms with Crippen molar-refractivity contribution in [2.45, 2.75) is 13.5 Å². The van der Waals surface area contributed by atoms with Crippen LogP contribution in [0.3, 0.4) is 0 Å². The summed E-state index contributed by atoms with van der Waals surface area (Å²) in [4.78, 5) is 24.0. The first-order chi connectivity index (χ1) is 13.5. The van der Waals surface area contributed by atoms with Gasteiger partial charge in [0, 0.05) is 23.1 Å². The molecule has 2 amide bonds. The van der Waals surface area contributed by atoms with Crippen molar-refractivity contribution in [3.8, 4) is 5.75 Å². The summed E-state index contributed by atoms with van der Waals surface area (Å²) >= 11 is 6.14. The van der Waals surface area contributed by atoms with Crippen LogP contribution < -0.4 is 15.4 Å². The fraction of sp³-hybridized carbons (Fsp3) is 0.0909. The molecule has 3 aromatic rings. The Morgan fingerprint density at radius 1 is 0.893 bits per heavy atom. The number of hydrogen-bond acceptors (Lipinski definition) is 3. The van der Waals surface area contributed by atoms with Gasteiger partial charge >= 0.3 is 0 Å². The SMILES string of the molecule is CC(=O)Nc1ccccc1NC(=O)c1cccc(OCc2ccccc2Cl)c1. The molecular formula is C22H19ClN2O3. The summed E-state index contributed by atoms with van der Waals surface area (Å²) in [5.41, 5.74) is 2.36. The summed E-state index contributed by atoms with van der Waals surface area (Å²) in [5.74, 6) is 0.0420. The van der Waals surface area contributed by atoms with Gasteiger partial charge in [-0.2, -0.15) is 0 Å². The van der Waals surface area contributed by atoms with Gasteiger partial charge in [0.25, 0.3) is 5.91 Å². The molecule has 0 atom stereocenters. The number of nitrogens with one attached hydrogen (secondary N) is 2. The van der Waals surface area contributed by atoms with Crippen LogP contribution in [0.25, 0.3) is 0 Å². The van der Waals surface area contributed by atoms with Gasteiger partial charge in [-0.1, -0.05) is 48.0 Å². The summed E-state index contributed by atoms with van der Waals surface area (Å²) in [6.07, 6.45) is 0. The number of anilines is 2. The molecule has 28 heavy (non-hydrogen) atoms. The second-order valence-electron chi connectivity index (χ2n) is 6.09. The van der Waals surface area contributed by atoms with E-state index >= 15 is 0 Å². The molecule has 0 bridgehead atoms. The topological polar surface area (TPSA) is 67.4 Å². The first-order valence-electron chi connectivity index (χ1n) is 8.67. The van der Waals surface area contributed by atoms with Crippen molar-refractivity contribution in [3.63, 3.8) is 0 Å². The van der Waals surface area contributed by atoms with Crippen molar-refractivity contribution < 1.29 is 14.3 Å². The molecule has 0 saturated heterocycles. The molecule has 2 N–H and O–H groups in total. The monoisotopic (exact) mass is 394 g/mol. The molecule has 0 saturated carbocycles. The summed E-state index contributed by atoms with van der Waals surface area (Å²) in [6, 6.07) is 21.3. The Kier molecular flexibility index (Phi) is 6.29. The van der Waals surface area contributed by atoms with E-state index < -0.39 is 0 Å². The number of rotatable bonds is 6. The highest BCUT2D eigenvalue weighted by molar-refractivity contribution is 6.31. The molecule has 0 aliphatic heterocycles. The van der Waals surface area contributed by atoms with Gasteiger partial charge in [0.2, 0.25) is 5.91 Å². The minimum atomic E-state index is -0.305. The smallest absolute Gasteiger partial charge is 0.255 e. The van der Waals surface area contributed by atoms with Crippen LogP contribution in [0.5, 0.6) is 5.75 Å². The molecular weight excluding hydrogens is 376 g/mol. The van der Waals surface area contributed by atoms with Crippen LogP contribution in [0.1, 0.15) is 22.8 Å². The first kappa shape index (κ1) is 19.5. The van der Waals surface area contributed by atoms with Crippen molar-refractivity contribution in [1.82, 2.24) is 0 Å². The lowest BCUT2D eigenvalue weighted by atomic mass is 10.2. The molecule has 0 unspecified atom stereocenters. The minimum Gasteiger partial charge on any atom is -0.489 e. The van der Waals surface area contributed by atoms with Crippen LogP contribution in [-0.2, 0) is 11.4 Å². The number of carbonyl (C=O) groups excluding carboxylic acids is 2. The van der Waals surface area contributed by atoms with Crippen LogP contribution in [0, 0.1) is 0 Å². The molecule has 5 nitrogen and oxygen atoms in total. The van der Waals surface area contributed by atoms with E-state index in [2.05, 4.69) is 10.6 Å². The largest absolute Gasteiger partial charge is 0.489 e. The molecule has 0 fully saturated rings. The Balaban J connectivity index is 1.71. The van der Waals surface area contributed by atoms with Gasteiger partial charge in [-0.15, -0.1) is 0 Å². The highest BCUT2D eigenvalue weighted by Gasteiger charge is 2.11. The third kappa shape index (κ3) is 5.11. The van der Waals surface area contributed by atoms with E-state index in [1.165, 1.54) is 6.92 Å². The predicted octanol–water partition coefficient (Wildman–Crippen LogP) is 5.13. The number of halogens is 1. The van der Waals surface area contributed by atoms with Gasteiger partial charge in [-0.05, 0) is 36.4 Å². The lowest BCUT2D eigenvalue weighted by molar-refractivity contribution is -0.114. The Labute approximate surface area is 168 Å². The van der Waals surface area contributed by atoms with Crippen LogP contribution in [0.15, 0.2) is 72.8 Å². The van der Waals surface area contributed by atoms with Gasteiger partial charge in [-0.25, -0.2) is 0 Å². The Bertz CT molecular complexity index is 1000. The molecule has 6 heteroatoms. The quantitative estimate of drug-likeness (QED) is 0.609. The molecule has 0 aliphatic carbocycles. The van der Waals surface area contributed by atoms with E-state index in [4.69, 9.17) is 16.3 Å². The van der Waals surface area contributed by atoms with E-state index in [1.807, 2.05) is 18.2 Å². The van der Waals surface area contributed by atoms with E-state index in [1.54, 1.807) is 54.6 Å². The number of amides is 2. The Hall–Kier alpha value is -3.31. The molecule has 3 aromatic carbocycles. The minimum absolute atomic E-state index is 0.211. The summed E-state index contributed by atoms with van der Waals surface area (Å²) in [7, 11) is 0. The summed E-state index contributed by atoms with van der Waals surface area (Å²) < 4.78 is 5.77. The molecule has 0 aliphatic rings. The summed E-state index contributed by atoms with van der Waals surface area (Å²) in [5, 5.41) is 6.14. The third-order valence-corrected chi connectivity index (χ3v) is 4.30. The highest BCUT2D eigenvalue weighted by atomic mass is 35.5. The molecule has 0 radical (unpaired) electrons. The van der Waals surface area contributed by atoms with Crippen LogP contribution in [0.2, 0.25) is 5.02 Å². The predicted molar refractivity (Wildman–Crippen MR) is 111 cm³/mol. The van der Waals surface area contributed by atoms with Crippen LogP contribution in [0.4, 0.5) is 11.4 Å². The molecule has 0 heterocycles. The van der Waals surface area contributed by atoms with Gasteiger partial charge in [0.05, 0.1) is 11.4 Å². The number of carbonyl (C=O) groups is 2. The third-order valence-electron chi connectivity index (χ3n) is 3.93. The van der Waals surface area contributed by atoms with Gasteiger partial charge in [-0.3, -0.25) is 9.59 Å². The Morgan fingerprint density at radius 3 is 2.29 bits per heavy atom. The molecule has 3 rings (SSSR count). The van der Waals surface area contributed by atoms with Gasteiger partial charge in [0.15, 0.2) is 0 Å². The van der Waals surface area contributed by atoms with Crippen molar-refractivity contribution in [1.29, 1.82) is 0 Å². The van der Waals surface area contributed by atoms with Crippen LogP contribution in [-0.4, -0.2) is 11.8 Å². The maximum atomic E-state index is 12.6. The highest BCUT2D eigenvalue weighted by Crippen LogP contribution is 2.23. The fourth-order valence-corrected chi connectivity index (χ4v) is 2.78. The van der Waals surface area contributed by atoms with E-state index in [9.17, 15) is 9.59 Å². The number of para-hydroxylation sites is 2. The zero-order chi connectivity index (χ0) is 19.9. The number of ether oxygens (including phenoxy) is 1. The average Bonchev–Trinajstić information content (AvgIpc) is 2.69. The average molecular weight is 395 g/mol. The normalized spacial score (nSPS) is 10.2. The zero-order valence-electron chi connectivity index (χ0n) is 15.2. The fourth-order valence-electron chi connectivity index (χ4n) is 2.59. The van der Waals surface area contributed by atoms with Crippen molar-refractivity contribution >= 4 is 34.8 Å². The van der Waals surface area contributed by atoms with E-state index in [0.717, 1.165) is 5.56 Å². The van der Waals surface area contributed by atoms with Crippen molar-refractivity contribution in [2.75, 3.05) is 10.6 Å². The molecule has 0 aromatic heterocycles. The van der Waals surface area contributed by atoms with Crippen molar-refractivity contribution in [2.24, 2.45) is 0 Å². The second kappa shape index (κ2) is 9.06. The standard InChI is InChI=1S/C22H19ClN2O3/c1-15(26)24-20-11-4-5-12-21(20)25-22(27)16-8-6-9-18(13-16)28-14-17-7-2-3-10-19(17)23/h2-13H,14H2,1H3,(H,24,26)(H,25,27). The van der Waals surface area contributed by atoms with Gasteiger partial charge < -0.3 is 15.4 Å². The lowest BCUT2D eigenvalue weighted by Crippen LogP contribution is -2.15. The summed E-state index contributed by atoms with van der Waals surface area (Å²) in [6.45, 7) is 1.72. The zero-order valence-corrected chi connectivity index (χ0v) is 16.0. The maximum absolute atomic E-state index is 12.6. The maximum Gasteiger partial charge on any atom is 0.255 e. The van der Waals surface area contributed by atoms with Gasteiger partial charge in [0.1, 0.15) is 12.4 Å². The van der Waals surface area contributed by atoms with Crippen molar-refractivity contribution in [3.05, 3.63) is 88.9 Å². The molecule has 142 valence electrons. The van der Waals surface area contributed by atoms with Crippen LogP contribution >= 0.6 is 11.6 Å². The van der Waals surface area contributed by atoms with E-state index in [0.29, 0.717) is 34.3 Å². The number of hydrogen-bond donors (Lipinski definition) is 2.